The van der Waals surface area contributed by atoms with Crippen molar-refractivity contribution in [1.29, 1.82) is 0 Å². The van der Waals surface area contributed by atoms with E-state index < -0.39 is 0 Å². The van der Waals surface area contributed by atoms with E-state index in [-0.39, 0.29) is 23.5 Å². The lowest BCUT2D eigenvalue weighted by atomic mass is 10.3. The Morgan fingerprint density at radius 1 is 1.33 bits per heavy atom. The largest absolute Gasteiger partial charge is 0.440 e. The lowest BCUT2D eigenvalue weighted by Gasteiger charge is -2.20. The van der Waals surface area contributed by atoms with Gasteiger partial charge < -0.3 is 14.4 Å². The van der Waals surface area contributed by atoms with Gasteiger partial charge >= 0.3 is 0 Å². The molecule has 1 aliphatic rings. The zero-order chi connectivity index (χ0) is 13.0. The molecular weight excluding hydrogens is 256 g/mol. The highest BCUT2D eigenvalue weighted by atomic mass is 35.5. The summed E-state index contributed by atoms with van der Waals surface area (Å²) in [5, 5.41) is 9.15. The van der Waals surface area contributed by atoms with Crippen LogP contribution >= 0.6 is 11.6 Å². The summed E-state index contributed by atoms with van der Waals surface area (Å²) in [6.45, 7) is 3.86. The van der Waals surface area contributed by atoms with Gasteiger partial charge in [-0.2, -0.15) is 0 Å². The fraction of sp³-hybridized carbons (Fsp3) is 0.583. The van der Waals surface area contributed by atoms with Crippen LogP contribution < -0.4 is 0 Å². The topological polar surface area (TPSA) is 56.9 Å². The van der Waals surface area contributed by atoms with Crippen molar-refractivity contribution < 1.29 is 14.3 Å². The van der Waals surface area contributed by atoms with Crippen molar-refractivity contribution >= 4 is 17.5 Å². The first-order valence-corrected chi connectivity index (χ1v) is 6.46. The van der Waals surface area contributed by atoms with Gasteiger partial charge in [-0.05, 0) is 36.7 Å². The SMILES string of the molecule is O=C(c1ccc(Cl)o1)N1CCCN(CCO)CC1. The first-order valence-electron chi connectivity index (χ1n) is 6.08. The molecule has 2 heterocycles. The fourth-order valence-corrected chi connectivity index (χ4v) is 2.27. The lowest BCUT2D eigenvalue weighted by Crippen LogP contribution is -2.35. The standard InChI is InChI=1S/C12H17ClN2O3/c13-11-3-2-10(18-11)12(17)15-5-1-4-14(6-7-15)8-9-16/h2-3,16H,1,4-9H2. The van der Waals surface area contributed by atoms with Crippen molar-refractivity contribution in [2.24, 2.45) is 0 Å². The molecule has 6 heteroatoms. The summed E-state index contributed by atoms with van der Waals surface area (Å²) in [5.41, 5.74) is 0. The molecule has 2 rings (SSSR count). The summed E-state index contributed by atoms with van der Waals surface area (Å²) in [5.74, 6) is 0.170. The second-order valence-corrected chi connectivity index (χ2v) is 4.69. The third-order valence-electron chi connectivity index (χ3n) is 3.08. The van der Waals surface area contributed by atoms with Gasteiger partial charge in [0.25, 0.3) is 5.91 Å². The van der Waals surface area contributed by atoms with Crippen LogP contribution in [0.1, 0.15) is 17.0 Å². The fourth-order valence-electron chi connectivity index (χ4n) is 2.12. The smallest absolute Gasteiger partial charge is 0.289 e. The van der Waals surface area contributed by atoms with E-state index in [0.29, 0.717) is 19.6 Å². The van der Waals surface area contributed by atoms with Crippen molar-refractivity contribution in [3.05, 3.63) is 23.1 Å². The van der Waals surface area contributed by atoms with Crippen LogP contribution in [-0.2, 0) is 0 Å². The number of β-amino-alcohol motifs (C(OH)–C–C–N with tert-alkyl or cyclic N) is 1. The Morgan fingerprint density at radius 2 is 2.17 bits per heavy atom. The lowest BCUT2D eigenvalue weighted by molar-refractivity contribution is 0.0728. The number of hydrogen-bond acceptors (Lipinski definition) is 4. The number of hydrogen-bond donors (Lipinski definition) is 1. The normalized spacial score (nSPS) is 17.8. The van der Waals surface area contributed by atoms with Gasteiger partial charge in [0.05, 0.1) is 6.61 Å². The minimum absolute atomic E-state index is 0.118. The summed E-state index contributed by atoms with van der Waals surface area (Å²) < 4.78 is 5.13. The first kappa shape index (κ1) is 13.4. The van der Waals surface area contributed by atoms with Crippen molar-refractivity contribution in [1.82, 2.24) is 9.80 Å². The molecule has 1 N–H and O–H groups in total. The van der Waals surface area contributed by atoms with Gasteiger partial charge in [-0.1, -0.05) is 0 Å². The van der Waals surface area contributed by atoms with E-state index in [4.69, 9.17) is 21.1 Å². The maximum absolute atomic E-state index is 12.1. The Morgan fingerprint density at radius 3 is 2.83 bits per heavy atom. The third kappa shape index (κ3) is 3.25. The van der Waals surface area contributed by atoms with E-state index in [1.807, 2.05) is 0 Å². The van der Waals surface area contributed by atoms with Crippen molar-refractivity contribution in [3.63, 3.8) is 0 Å². The summed E-state index contributed by atoms with van der Waals surface area (Å²) in [4.78, 5) is 16.1. The Balaban J connectivity index is 1.95. The van der Waals surface area contributed by atoms with Crippen LogP contribution in [0.3, 0.4) is 0 Å². The van der Waals surface area contributed by atoms with Crippen molar-refractivity contribution in [3.8, 4) is 0 Å². The van der Waals surface area contributed by atoms with Crippen LogP contribution in [0.15, 0.2) is 16.5 Å². The first-order chi connectivity index (χ1) is 8.70. The van der Waals surface area contributed by atoms with E-state index in [1.165, 1.54) is 0 Å². The molecule has 100 valence electrons. The molecule has 0 aromatic carbocycles. The third-order valence-corrected chi connectivity index (χ3v) is 3.28. The van der Waals surface area contributed by atoms with E-state index in [2.05, 4.69) is 4.90 Å². The molecule has 1 aromatic rings. The number of carbonyl (C=O) groups is 1. The Hall–Kier alpha value is -1.04. The summed E-state index contributed by atoms with van der Waals surface area (Å²) >= 11 is 5.67. The molecule has 18 heavy (non-hydrogen) atoms. The maximum atomic E-state index is 12.1. The zero-order valence-corrected chi connectivity index (χ0v) is 10.9. The van der Waals surface area contributed by atoms with E-state index in [0.717, 1.165) is 19.5 Å². The highest BCUT2D eigenvalue weighted by molar-refractivity contribution is 6.29. The molecule has 1 saturated heterocycles. The monoisotopic (exact) mass is 272 g/mol. The second-order valence-electron chi connectivity index (χ2n) is 4.31. The van der Waals surface area contributed by atoms with Crippen LogP contribution in [0.2, 0.25) is 5.22 Å². The van der Waals surface area contributed by atoms with Crippen molar-refractivity contribution in [2.75, 3.05) is 39.3 Å². The predicted molar refractivity (Wildman–Crippen MR) is 67.8 cm³/mol. The number of rotatable bonds is 3. The number of furan rings is 1. The number of nitrogens with zero attached hydrogens (tertiary/aromatic N) is 2. The van der Waals surface area contributed by atoms with Gasteiger partial charge in [0.2, 0.25) is 0 Å². The number of amides is 1. The Kier molecular flexibility index (Phi) is 4.63. The molecule has 5 nitrogen and oxygen atoms in total. The Bertz CT molecular complexity index is 408. The van der Waals surface area contributed by atoms with E-state index >= 15 is 0 Å². The van der Waals surface area contributed by atoms with Crippen LogP contribution in [-0.4, -0.2) is 60.1 Å². The molecule has 1 fully saturated rings. The Labute approximate surface area is 111 Å². The molecule has 0 aliphatic carbocycles. The van der Waals surface area contributed by atoms with Crippen molar-refractivity contribution in [2.45, 2.75) is 6.42 Å². The maximum Gasteiger partial charge on any atom is 0.289 e. The van der Waals surface area contributed by atoms with Crippen LogP contribution in [0.5, 0.6) is 0 Å². The molecule has 0 radical (unpaired) electrons. The number of aliphatic hydroxyl groups is 1. The van der Waals surface area contributed by atoms with E-state index in [9.17, 15) is 4.79 Å². The number of carbonyl (C=O) groups excluding carboxylic acids is 1. The molecule has 1 amide bonds. The summed E-state index contributed by atoms with van der Waals surface area (Å²) in [6.07, 6.45) is 0.903. The molecule has 0 spiro atoms. The molecule has 1 aliphatic heterocycles. The number of aliphatic hydroxyl groups excluding tert-OH is 1. The molecule has 0 atom stereocenters. The average Bonchev–Trinajstić information content (AvgIpc) is 2.65. The van der Waals surface area contributed by atoms with Crippen LogP contribution in [0.25, 0.3) is 0 Å². The molecule has 0 bridgehead atoms. The summed E-state index contributed by atoms with van der Waals surface area (Å²) in [7, 11) is 0. The average molecular weight is 273 g/mol. The summed E-state index contributed by atoms with van der Waals surface area (Å²) in [6, 6.07) is 3.17. The molecule has 0 unspecified atom stereocenters. The highest BCUT2D eigenvalue weighted by Crippen LogP contribution is 2.16. The van der Waals surface area contributed by atoms with Gasteiger partial charge in [-0.3, -0.25) is 9.69 Å². The van der Waals surface area contributed by atoms with Gasteiger partial charge in [0, 0.05) is 26.2 Å². The predicted octanol–water partition coefficient (Wildman–Crippen LogP) is 1.07. The van der Waals surface area contributed by atoms with Gasteiger partial charge in [0.1, 0.15) is 0 Å². The molecule has 0 saturated carbocycles. The molecular formula is C12H17ClN2O3. The quantitative estimate of drug-likeness (QED) is 0.894. The van der Waals surface area contributed by atoms with Crippen LogP contribution in [0.4, 0.5) is 0 Å². The minimum atomic E-state index is -0.118. The number of halogens is 1. The van der Waals surface area contributed by atoms with Gasteiger partial charge in [-0.25, -0.2) is 0 Å². The van der Waals surface area contributed by atoms with Crippen LogP contribution in [0, 0.1) is 0 Å². The van der Waals surface area contributed by atoms with Gasteiger partial charge in [-0.15, -0.1) is 0 Å². The minimum Gasteiger partial charge on any atom is -0.440 e. The second kappa shape index (κ2) is 6.22. The zero-order valence-electron chi connectivity index (χ0n) is 10.1. The highest BCUT2D eigenvalue weighted by Gasteiger charge is 2.22. The van der Waals surface area contributed by atoms with E-state index in [1.54, 1.807) is 17.0 Å². The van der Waals surface area contributed by atoms with Gasteiger partial charge in [0.15, 0.2) is 11.0 Å². The molecule has 1 aromatic heterocycles.